The van der Waals surface area contributed by atoms with Gasteiger partial charge in [0.2, 0.25) is 0 Å². The summed E-state index contributed by atoms with van der Waals surface area (Å²) in [4.78, 5) is 0. The summed E-state index contributed by atoms with van der Waals surface area (Å²) in [6, 6.07) is 0. The second-order valence-corrected chi connectivity index (χ2v) is 10.00. The van der Waals surface area contributed by atoms with Crippen molar-refractivity contribution in [3.63, 3.8) is 0 Å². The predicted molar refractivity (Wildman–Crippen MR) is 103 cm³/mol. The van der Waals surface area contributed by atoms with E-state index < -0.39 is 0 Å². The fraction of sp³-hybridized carbons (Fsp3) is 0.826. The molecule has 3 saturated carbocycles. The molecule has 9 unspecified atom stereocenters. The number of rotatable bonds is 3. The van der Waals surface area contributed by atoms with Crippen LogP contribution in [0.25, 0.3) is 0 Å². The molecule has 0 spiro atoms. The Morgan fingerprint density at radius 1 is 0.962 bits per heavy atom. The van der Waals surface area contributed by atoms with Gasteiger partial charge in [0, 0.05) is 11.3 Å². The lowest BCUT2D eigenvalue weighted by molar-refractivity contribution is -0.0760. The molecule has 0 heterocycles. The smallest absolute Gasteiger partial charge is 0.0631 e. The first-order valence-corrected chi connectivity index (χ1v) is 10.6. The molecule has 0 amide bonds. The first kappa shape index (κ1) is 18.7. The van der Waals surface area contributed by atoms with E-state index in [0.717, 1.165) is 32.1 Å². The summed E-state index contributed by atoms with van der Waals surface area (Å²) in [7, 11) is 0. The van der Waals surface area contributed by atoms with Crippen molar-refractivity contribution < 1.29 is 15.3 Å². The molecule has 9 atom stereocenters. The van der Waals surface area contributed by atoms with Crippen LogP contribution in [0.15, 0.2) is 22.3 Å². The largest absolute Gasteiger partial charge is 0.393 e. The lowest BCUT2D eigenvalue weighted by Crippen LogP contribution is -2.54. The third-order valence-corrected chi connectivity index (χ3v) is 8.99. The highest BCUT2D eigenvalue weighted by atomic mass is 16.3. The van der Waals surface area contributed by atoms with Gasteiger partial charge in [0.25, 0.3) is 0 Å². The summed E-state index contributed by atoms with van der Waals surface area (Å²) < 4.78 is 0. The third-order valence-electron chi connectivity index (χ3n) is 8.99. The van der Waals surface area contributed by atoms with Gasteiger partial charge in [-0.2, -0.15) is 0 Å². The van der Waals surface area contributed by atoms with Gasteiger partial charge in [-0.05, 0) is 80.8 Å². The molecule has 0 aromatic heterocycles. The highest BCUT2D eigenvalue weighted by Crippen LogP contribution is 2.62. The molecule has 3 N–H and O–H groups in total. The van der Waals surface area contributed by atoms with Crippen LogP contribution in [0.2, 0.25) is 0 Å². The second kappa shape index (κ2) is 6.18. The van der Waals surface area contributed by atoms with Gasteiger partial charge in [-0.3, -0.25) is 0 Å². The SMILES string of the molecule is CC1=C(C)C(C)C(C2CC(O)C2C)C(C2(C)CCC2O)=C1C1CCC1O. The molecule has 0 saturated heterocycles. The van der Waals surface area contributed by atoms with Gasteiger partial charge in [-0.25, -0.2) is 0 Å². The lowest BCUT2D eigenvalue weighted by atomic mass is 9.48. The van der Waals surface area contributed by atoms with E-state index in [4.69, 9.17) is 0 Å². The van der Waals surface area contributed by atoms with Crippen LogP contribution in [-0.2, 0) is 0 Å². The van der Waals surface area contributed by atoms with Crippen LogP contribution in [0, 0.1) is 35.0 Å². The number of hydrogen-bond acceptors (Lipinski definition) is 3. The summed E-state index contributed by atoms with van der Waals surface area (Å²) in [5, 5.41) is 31.5. The van der Waals surface area contributed by atoms with Crippen molar-refractivity contribution >= 4 is 0 Å². The average Bonchev–Trinajstić information content (AvgIpc) is 2.63. The second-order valence-electron chi connectivity index (χ2n) is 10.00. The molecule has 4 aliphatic rings. The Balaban J connectivity index is 1.87. The molecule has 4 aliphatic carbocycles. The highest BCUT2D eigenvalue weighted by Gasteiger charge is 2.56. The zero-order chi connectivity index (χ0) is 19.0. The molecule has 146 valence electrons. The van der Waals surface area contributed by atoms with Gasteiger partial charge in [0.1, 0.15) is 0 Å². The normalized spacial score (nSPS) is 51.7. The maximum absolute atomic E-state index is 10.8. The Labute approximate surface area is 158 Å². The number of aliphatic hydroxyl groups excluding tert-OH is 3. The Morgan fingerprint density at radius 2 is 1.65 bits per heavy atom. The molecular weight excluding hydrogens is 324 g/mol. The molecule has 0 aromatic carbocycles. The van der Waals surface area contributed by atoms with Crippen LogP contribution < -0.4 is 0 Å². The van der Waals surface area contributed by atoms with E-state index in [0.29, 0.717) is 23.7 Å². The molecule has 3 heteroatoms. The van der Waals surface area contributed by atoms with E-state index in [-0.39, 0.29) is 29.6 Å². The van der Waals surface area contributed by atoms with Gasteiger partial charge in [0.05, 0.1) is 18.3 Å². The average molecular weight is 361 g/mol. The van der Waals surface area contributed by atoms with E-state index in [1.165, 1.54) is 22.3 Å². The number of aliphatic hydroxyl groups is 3. The molecule has 0 radical (unpaired) electrons. The molecule has 3 fully saturated rings. The van der Waals surface area contributed by atoms with Crippen LogP contribution in [0.3, 0.4) is 0 Å². The quantitative estimate of drug-likeness (QED) is 0.717. The van der Waals surface area contributed by atoms with Crippen LogP contribution in [0.1, 0.15) is 66.7 Å². The van der Waals surface area contributed by atoms with Gasteiger partial charge in [0.15, 0.2) is 0 Å². The fourth-order valence-corrected chi connectivity index (χ4v) is 6.32. The predicted octanol–water partition coefficient (Wildman–Crippen LogP) is 3.83. The number of hydrogen-bond donors (Lipinski definition) is 3. The molecule has 0 aromatic rings. The van der Waals surface area contributed by atoms with Crippen molar-refractivity contribution in [2.75, 3.05) is 0 Å². The summed E-state index contributed by atoms with van der Waals surface area (Å²) in [6.45, 7) is 11.3. The van der Waals surface area contributed by atoms with Crippen LogP contribution >= 0.6 is 0 Å². The summed E-state index contributed by atoms with van der Waals surface area (Å²) >= 11 is 0. The minimum absolute atomic E-state index is 0.161. The van der Waals surface area contributed by atoms with Gasteiger partial charge in [-0.1, -0.05) is 31.9 Å². The zero-order valence-electron chi connectivity index (χ0n) is 17.0. The van der Waals surface area contributed by atoms with Crippen molar-refractivity contribution in [3.05, 3.63) is 22.3 Å². The van der Waals surface area contributed by atoms with Crippen molar-refractivity contribution in [1.82, 2.24) is 0 Å². The third kappa shape index (κ3) is 2.36. The first-order valence-electron chi connectivity index (χ1n) is 10.6. The van der Waals surface area contributed by atoms with Gasteiger partial charge < -0.3 is 15.3 Å². The van der Waals surface area contributed by atoms with E-state index in [2.05, 4.69) is 34.6 Å². The molecule has 0 bridgehead atoms. The van der Waals surface area contributed by atoms with Crippen molar-refractivity contribution in [2.45, 2.75) is 85.0 Å². The highest BCUT2D eigenvalue weighted by molar-refractivity contribution is 5.50. The monoisotopic (exact) mass is 360 g/mol. The molecular formula is C23H36O3. The Bertz CT molecular complexity index is 662. The number of allylic oxidation sites excluding steroid dienone is 2. The van der Waals surface area contributed by atoms with Gasteiger partial charge >= 0.3 is 0 Å². The van der Waals surface area contributed by atoms with E-state index in [1.807, 2.05) is 0 Å². The van der Waals surface area contributed by atoms with E-state index in [1.54, 1.807) is 0 Å². The van der Waals surface area contributed by atoms with Crippen LogP contribution in [0.4, 0.5) is 0 Å². The van der Waals surface area contributed by atoms with E-state index >= 15 is 0 Å². The van der Waals surface area contributed by atoms with Crippen molar-refractivity contribution in [3.8, 4) is 0 Å². The molecule has 0 aliphatic heterocycles. The van der Waals surface area contributed by atoms with Crippen LogP contribution in [-0.4, -0.2) is 33.6 Å². The molecule has 3 nitrogen and oxygen atoms in total. The van der Waals surface area contributed by atoms with Crippen LogP contribution in [0.5, 0.6) is 0 Å². The minimum Gasteiger partial charge on any atom is -0.393 e. The molecule has 4 rings (SSSR count). The zero-order valence-corrected chi connectivity index (χ0v) is 17.0. The summed E-state index contributed by atoms with van der Waals surface area (Å²) in [5.41, 5.74) is 5.46. The first-order chi connectivity index (χ1) is 12.2. The van der Waals surface area contributed by atoms with E-state index in [9.17, 15) is 15.3 Å². The lowest BCUT2D eigenvalue weighted by Gasteiger charge is -2.58. The Hall–Kier alpha value is -0.640. The Morgan fingerprint density at radius 3 is 2.04 bits per heavy atom. The maximum atomic E-state index is 10.8. The molecule has 26 heavy (non-hydrogen) atoms. The standard InChI is InChI=1S/C23H36O3/c1-11-12(2)20(15-6-7-17(15)24)22(23(5)9-8-19(23)26)21(13(11)3)16-10-18(25)14(16)4/h13-19,21,24-26H,6-10H2,1-5H3. The summed E-state index contributed by atoms with van der Waals surface area (Å²) in [5.74, 6) is 1.86. The van der Waals surface area contributed by atoms with Gasteiger partial charge in [-0.15, -0.1) is 0 Å². The maximum Gasteiger partial charge on any atom is 0.0631 e. The fourth-order valence-electron chi connectivity index (χ4n) is 6.32. The van der Waals surface area contributed by atoms with Crippen molar-refractivity contribution in [1.29, 1.82) is 0 Å². The topological polar surface area (TPSA) is 60.7 Å². The minimum atomic E-state index is -0.272. The summed E-state index contributed by atoms with van der Waals surface area (Å²) in [6.07, 6.45) is 4.05. The Kier molecular flexibility index (Phi) is 4.45. The van der Waals surface area contributed by atoms with Crippen molar-refractivity contribution in [2.24, 2.45) is 35.0 Å².